The molecule has 4 aromatic rings. The van der Waals surface area contributed by atoms with E-state index >= 15 is 0 Å². The van der Waals surface area contributed by atoms with Crippen LogP contribution < -0.4 is 34.3 Å². The summed E-state index contributed by atoms with van der Waals surface area (Å²) in [4.78, 5) is 67.8. The van der Waals surface area contributed by atoms with Gasteiger partial charge in [-0.05, 0) is 82.6 Å². The summed E-state index contributed by atoms with van der Waals surface area (Å²) >= 11 is 1.44. The normalized spacial score (nSPS) is 21.4. The zero-order valence-corrected chi connectivity index (χ0v) is 39.3. The van der Waals surface area contributed by atoms with E-state index in [1.54, 1.807) is 58.2 Å². The lowest BCUT2D eigenvalue weighted by molar-refractivity contribution is -0.143. The molecule has 7 rings (SSSR count). The van der Waals surface area contributed by atoms with Crippen LogP contribution >= 0.6 is 11.3 Å². The molecule has 2 saturated carbocycles. The Morgan fingerprint density at radius 3 is 2.34 bits per heavy atom. The maximum Gasteiger partial charge on any atom is 0.409 e. The Morgan fingerprint density at radius 2 is 1.69 bits per heavy atom. The van der Waals surface area contributed by atoms with Gasteiger partial charge in [-0.3, -0.25) is 14.4 Å². The van der Waals surface area contributed by atoms with Crippen LogP contribution in [0.5, 0.6) is 17.2 Å². The number of alkyl carbamates (subject to hydrolysis) is 1. The lowest BCUT2D eigenvalue weighted by Crippen LogP contribution is -2.60. The van der Waals surface area contributed by atoms with Gasteiger partial charge in [-0.1, -0.05) is 44.5 Å². The molecule has 348 valence electrons. The van der Waals surface area contributed by atoms with Gasteiger partial charge in [-0.2, -0.15) is 8.42 Å². The van der Waals surface area contributed by atoms with E-state index in [9.17, 15) is 27.6 Å². The highest BCUT2D eigenvalue weighted by Gasteiger charge is 2.62. The fourth-order valence-electron chi connectivity index (χ4n) is 8.20. The van der Waals surface area contributed by atoms with Gasteiger partial charge in [0.2, 0.25) is 11.8 Å². The molecular formula is C46H57N7O10S2. The van der Waals surface area contributed by atoms with E-state index in [1.165, 1.54) is 34.4 Å². The molecule has 65 heavy (non-hydrogen) atoms. The molecule has 17 nitrogen and oxygen atoms in total. The highest BCUT2D eigenvalue weighted by Crippen LogP contribution is 2.45. The Hall–Kier alpha value is -5.95. The summed E-state index contributed by atoms with van der Waals surface area (Å²) in [5, 5.41) is 12.1. The van der Waals surface area contributed by atoms with Crippen LogP contribution in [0.4, 0.5) is 9.93 Å². The first-order chi connectivity index (χ1) is 30.8. The van der Waals surface area contributed by atoms with Crippen molar-refractivity contribution in [1.82, 2.24) is 30.2 Å². The Bertz CT molecular complexity index is 2550. The minimum atomic E-state index is -4.68. The summed E-state index contributed by atoms with van der Waals surface area (Å²) in [6, 6.07) is 11.1. The summed E-state index contributed by atoms with van der Waals surface area (Å²) in [6.45, 7) is 14.9. The summed E-state index contributed by atoms with van der Waals surface area (Å²) in [6.07, 6.45) is 2.98. The number of aryl methyl sites for hydroxylation is 1. The summed E-state index contributed by atoms with van der Waals surface area (Å²) in [5.74, 6) is -2.03. The molecule has 2 aliphatic carbocycles. The number of amides is 4. The van der Waals surface area contributed by atoms with E-state index in [2.05, 4.69) is 22.5 Å². The molecule has 0 spiro atoms. The molecule has 4 amide bonds. The molecule has 0 unspecified atom stereocenters. The zero-order chi connectivity index (χ0) is 46.8. The number of anilines is 1. The smallest absolute Gasteiger partial charge is 0.409 e. The number of carbonyl (C=O) groups excluding carboxylic acids is 4. The Kier molecular flexibility index (Phi) is 13.7. The van der Waals surface area contributed by atoms with Crippen molar-refractivity contribution < 1.29 is 46.0 Å². The molecule has 3 aliphatic rings. The molecule has 2 aromatic heterocycles. The summed E-state index contributed by atoms with van der Waals surface area (Å²) < 4.78 is 51.3. The van der Waals surface area contributed by atoms with E-state index in [4.69, 9.17) is 28.4 Å². The van der Waals surface area contributed by atoms with Crippen LogP contribution in [0.15, 0.2) is 66.6 Å². The average Bonchev–Trinajstić information content (AvgIpc) is 3.65. The predicted octanol–water partition coefficient (Wildman–Crippen LogP) is 6.43. The molecule has 5 atom stereocenters. The molecule has 3 fully saturated rings. The topological polar surface area (TPSA) is 216 Å². The van der Waals surface area contributed by atoms with Gasteiger partial charge in [-0.25, -0.2) is 19.5 Å². The number of aromatic nitrogens is 2. The third kappa shape index (κ3) is 11.0. The van der Waals surface area contributed by atoms with Crippen LogP contribution in [0.25, 0.3) is 22.3 Å². The first-order valence-electron chi connectivity index (χ1n) is 21.7. The van der Waals surface area contributed by atoms with E-state index in [1.807, 2.05) is 36.9 Å². The van der Waals surface area contributed by atoms with Gasteiger partial charge in [0.15, 0.2) is 5.13 Å². The molecule has 1 saturated heterocycles. The third-order valence-electron chi connectivity index (χ3n) is 11.7. The molecule has 19 heteroatoms. The molecule has 3 heterocycles. The van der Waals surface area contributed by atoms with Gasteiger partial charge < -0.3 is 39.2 Å². The van der Waals surface area contributed by atoms with Crippen molar-refractivity contribution in [2.24, 2.45) is 11.3 Å². The van der Waals surface area contributed by atoms with Crippen LogP contribution in [0.3, 0.4) is 0 Å². The number of nitrogens with one attached hydrogen (secondary N) is 4. The van der Waals surface area contributed by atoms with E-state index in [-0.39, 0.29) is 37.3 Å². The largest absolute Gasteiger partial charge is 0.497 e. The third-order valence-corrected chi connectivity index (χ3v) is 13.4. The van der Waals surface area contributed by atoms with Crippen molar-refractivity contribution in [3.63, 3.8) is 0 Å². The number of benzene rings is 2. The lowest BCUT2D eigenvalue weighted by Gasteiger charge is -2.35. The van der Waals surface area contributed by atoms with Crippen LogP contribution in [0.1, 0.15) is 78.7 Å². The maximum atomic E-state index is 14.9. The number of thiazole rings is 1. The minimum absolute atomic E-state index is 0.0157. The SMILES string of the molecule is C=C[C@@H]1C[C@]1(NC(=O)[C@@H]1C[C@@H](Oc2cc(-c3csc(NC(C)C)n3)nc3cc(OC)ccc23)CN1C(=O)[C@@H](NC(=O)OC1CCCC1)C(C)(C)C)C(=O)NS(=O)(=O)Oc1ccc(C)cc1. The standard InChI is InChI=1S/C46H57N7O10S2/c1-9-28-23-46(28,42(56)52-65(58,59)63-30-16-14-27(4)15-17-30)51-40(54)37-21-32(24-53(37)41(55)39(45(5,6)7)50-44(57)62-29-12-10-11-13-29)61-38-22-35(36-25-64-43(49-36)47-26(2)3)48-34-20-31(60-8)18-19-33(34)38/h9,14-20,22,25-26,28-29,32,37,39H,1,10-13,21,23-24H2,2-8H3,(H,47,49)(H,50,57)(H,51,54)(H,52,56)/t28-,32-,37+,39-,46-/m1/s1. The van der Waals surface area contributed by atoms with E-state index < -0.39 is 69.2 Å². The number of fused-ring (bicyclic) bond motifs is 1. The van der Waals surface area contributed by atoms with Gasteiger partial charge in [0, 0.05) is 41.3 Å². The van der Waals surface area contributed by atoms with Gasteiger partial charge in [0.25, 0.3) is 5.91 Å². The van der Waals surface area contributed by atoms with Gasteiger partial charge in [0.05, 0.1) is 24.9 Å². The fourth-order valence-corrected chi connectivity index (χ4v) is 9.87. The monoisotopic (exact) mass is 931 g/mol. The second-order valence-corrected chi connectivity index (χ2v) is 20.4. The fraction of sp³-hybridized carbons (Fsp3) is 0.478. The van der Waals surface area contributed by atoms with E-state index in [0.29, 0.717) is 33.8 Å². The van der Waals surface area contributed by atoms with Crippen LogP contribution in [-0.2, 0) is 29.4 Å². The van der Waals surface area contributed by atoms with Crippen molar-refractivity contribution in [2.45, 2.75) is 116 Å². The van der Waals surface area contributed by atoms with E-state index in [0.717, 1.165) is 36.4 Å². The first-order valence-corrected chi connectivity index (χ1v) is 24.0. The van der Waals surface area contributed by atoms with Crippen molar-refractivity contribution in [1.29, 1.82) is 0 Å². The van der Waals surface area contributed by atoms with Crippen molar-refractivity contribution in [3.05, 3.63) is 72.1 Å². The highest BCUT2D eigenvalue weighted by atomic mass is 32.2. The second kappa shape index (κ2) is 18.9. The Morgan fingerprint density at radius 1 is 0.985 bits per heavy atom. The van der Waals surface area contributed by atoms with Gasteiger partial charge >= 0.3 is 16.4 Å². The van der Waals surface area contributed by atoms with Crippen molar-refractivity contribution in [2.75, 3.05) is 19.0 Å². The van der Waals surface area contributed by atoms with Gasteiger partial charge in [0.1, 0.15) is 52.8 Å². The number of rotatable bonds is 16. The summed E-state index contributed by atoms with van der Waals surface area (Å²) in [7, 11) is -3.13. The highest BCUT2D eigenvalue weighted by molar-refractivity contribution is 7.85. The van der Waals surface area contributed by atoms with Crippen LogP contribution in [-0.4, -0.2) is 96.6 Å². The molecule has 0 bridgehead atoms. The number of likely N-dealkylation sites (tertiary alicyclic amines) is 1. The number of pyridine rings is 1. The maximum absolute atomic E-state index is 14.9. The van der Waals surface area contributed by atoms with Crippen molar-refractivity contribution in [3.8, 4) is 28.6 Å². The molecule has 0 radical (unpaired) electrons. The molecule has 2 aromatic carbocycles. The molecular weight excluding hydrogens is 875 g/mol. The van der Waals surface area contributed by atoms with Crippen LogP contribution in [0.2, 0.25) is 0 Å². The number of ether oxygens (including phenoxy) is 3. The number of nitrogens with zero attached hydrogens (tertiary/aromatic N) is 3. The first kappa shape index (κ1) is 47.0. The average molecular weight is 932 g/mol. The van der Waals surface area contributed by atoms with Crippen molar-refractivity contribution >= 4 is 61.5 Å². The number of hydrogen-bond acceptors (Lipinski definition) is 14. The zero-order valence-electron chi connectivity index (χ0n) is 37.6. The second-order valence-electron chi connectivity index (χ2n) is 18.3. The lowest BCUT2D eigenvalue weighted by atomic mass is 9.85. The predicted molar refractivity (Wildman–Crippen MR) is 246 cm³/mol. The Balaban J connectivity index is 1.20. The molecule has 1 aliphatic heterocycles. The number of hydrogen-bond donors (Lipinski definition) is 4. The number of carbonyl (C=O) groups is 4. The molecule has 4 N–H and O–H groups in total. The summed E-state index contributed by atoms with van der Waals surface area (Å²) in [5.41, 5.74) is -0.0289. The number of methoxy groups -OCH3 is 1. The quantitative estimate of drug-likeness (QED) is 0.0893. The Labute approximate surface area is 383 Å². The minimum Gasteiger partial charge on any atom is -0.497 e. The van der Waals surface area contributed by atoms with Crippen LogP contribution in [0, 0.1) is 18.3 Å². The van der Waals surface area contributed by atoms with Gasteiger partial charge in [-0.15, -0.1) is 17.9 Å².